The summed E-state index contributed by atoms with van der Waals surface area (Å²) in [5.74, 6) is 0.214. The van der Waals surface area contributed by atoms with Crippen LogP contribution in [-0.2, 0) is 9.53 Å². The van der Waals surface area contributed by atoms with E-state index in [-0.39, 0.29) is 12.5 Å². The van der Waals surface area contributed by atoms with Crippen molar-refractivity contribution in [1.82, 2.24) is 0 Å². The van der Waals surface area contributed by atoms with E-state index in [0.717, 1.165) is 17.9 Å². The molecule has 6 nitrogen and oxygen atoms in total. The molecule has 2 aromatic rings. The number of hydrogen-bond acceptors (Lipinski definition) is 5. The zero-order valence-electron chi connectivity index (χ0n) is 14.4. The molecule has 0 bridgehead atoms. The predicted octanol–water partition coefficient (Wildman–Crippen LogP) is 3.31. The first-order valence-electron chi connectivity index (χ1n) is 8.07. The van der Waals surface area contributed by atoms with Gasteiger partial charge in [-0.05, 0) is 55.0 Å². The first-order valence-corrected chi connectivity index (χ1v) is 8.07. The van der Waals surface area contributed by atoms with E-state index in [4.69, 9.17) is 4.74 Å². The zero-order valence-corrected chi connectivity index (χ0v) is 14.4. The summed E-state index contributed by atoms with van der Waals surface area (Å²) in [4.78, 5) is 23.3. The molecule has 1 amide bonds. The van der Waals surface area contributed by atoms with Gasteiger partial charge in [-0.3, -0.25) is 4.79 Å². The maximum atomic E-state index is 12.0. The lowest BCUT2D eigenvalue weighted by molar-refractivity contribution is -0.114. The Balaban J connectivity index is 1.81. The Bertz CT molecular complexity index is 696. The highest BCUT2D eigenvalue weighted by Gasteiger charge is 2.06. The Morgan fingerprint density at radius 3 is 2.20 bits per heavy atom. The largest absolute Gasteiger partial charge is 0.494 e. The van der Waals surface area contributed by atoms with Crippen molar-refractivity contribution in [1.29, 1.82) is 0 Å². The third-order valence-electron chi connectivity index (χ3n) is 3.37. The molecule has 2 N–H and O–H groups in total. The number of carbonyl (C=O) groups is 2. The van der Waals surface area contributed by atoms with Crippen molar-refractivity contribution in [2.24, 2.45) is 0 Å². The summed E-state index contributed by atoms with van der Waals surface area (Å²) < 4.78 is 10.1. The molecule has 6 heteroatoms. The fourth-order valence-electron chi connectivity index (χ4n) is 2.08. The average Bonchev–Trinajstić information content (AvgIpc) is 2.65. The molecule has 0 aromatic heterocycles. The number of methoxy groups -OCH3 is 1. The molecule has 2 rings (SSSR count). The molecule has 0 atom stereocenters. The zero-order chi connectivity index (χ0) is 18.1. The minimum atomic E-state index is -0.411. The fraction of sp³-hybridized carbons (Fsp3) is 0.263. The smallest absolute Gasteiger partial charge is 0.337 e. The van der Waals surface area contributed by atoms with Crippen molar-refractivity contribution in [2.75, 3.05) is 30.9 Å². The van der Waals surface area contributed by atoms with E-state index in [0.29, 0.717) is 17.9 Å². The van der Waals surface area contributed by atoms with Gasteiger partial charge in [-0.15, -0.1) is 0 Å². The minimum absolute atomic E-state index is 0.133. The number of nitrogens with one attached hydrogen (secondary N) is 2. The maximum Gasteiger partial charge on any atom is 0.337 e. The number of hydrogen-bond donors (Lipinski definition) is 2. The lowest BCUT2D eigenvalue weighted by Crippen LogP contribution is -2.21. The molecule has 0 spiro atoms. The van der Waals surface area contributed by atoms with Crippen molar-refractivity contribution in [3.8, 4) is 5.75 Å². The standard InChI is InChI=1S/C19H22N2O4/c1-3-12-25-17-10-8-15(9-11-17)20-13-18(22)21-16-6-4-14(5-7-16)19(23)24-2/h4-11,20H,3,12-13H2,1-2H3,(H,21,22). The van der Waals surface area contributed by atoms with Crippen LogP contribution in [0.3, 0.4) is 0 Å². The summed E-state index contributed by atoms with van der Waals surface area (Å²) in [6, 6.07) is 14.0. The van der Waals surface area contributed by atoms with Gasteiger partial charge >= 0.3 is 5.97 Å². The minimum Gasteiger partial charge on any atom is -0.494 e. The Labute approximate surface area is 147 Å². The summed E-state index contributed by atoms with van der Waals surface area (Å²) in [7, 11) is 1.33. The highest BCUT2D eigenvalue weighted by Crippen LogP contribution is 2.16. The van der Waals surface area contributed by atoms with Crippen molar-refractivity contribution in [3.63, 3.8) is 0 Å². The number of benzene rings is 2. The molecule has 0 radical (unpaired) electrons. The molecule has 0 fully saturated rings. The number of anilines is 2. The van der Waals surface area contributed by atoms with Gasteiger partial charge < -0.3 is 20.1 Å². The normalized spacial score (nSPS) is 10.0. The van der Waals surface area contributed by atoms with Crippen LogP contribution in [-0.4, -0.2) is 32.1 Å². The highest BCUT2D eigenvalue weighted by molar-refractivity contribution is 5.95. The second kappa shape index (κ2) is 9.32. The van der Waals surface area contributed by atoms with E-state index in [1.807, 2.05) is 24.3 Å². The van der Waals surface area contributed by atoms with Gasteiger partial charge in [0.05, 0.1) is 25.8 Å². The summed E-state index contributed by atoms with van der Waals surface area (Å²) in [6.07, 6.45) is 0.959. The predicted molar refractivity (Wildman–Crippen MR) is 97.1 cm³/mol. The van der Waals surface area contributed by atoms with Gasteiger partial charge in [0.2, 0.25) is 5.91 Å². The second-order valence-corrected chi connectivity index (χ2v) is 5.34. The van der Waals surface area contributed by atoms with Crippen LogP contribution in [0.2, 0.25) is 0 Å². The molecule has 132 valence electrons. The van der Waals surface area contributed by atoms with Crippen LogP contribution >= 0.6 is 0 Å². The van der Waals surface area contributed by atoms with Gasteiger partial charge in [-0.1, -0.05) is 6.92 Å². The summed E-state index contributed by atoms with van der Waals surface area (Å²) in [6.45, 7) is 2.87. The molecule has 0 unspecified atom stereocenters. The van der Waals surface area contributed by atoms with Crippen molar-refractivity contribution in [3.05, 3.63) is 54.1 Å². The molecule has 0 aliphatic carbocycles. The maximum absolute atomic E-state index is 12.0. The first kappa shape index (κ1) is 18.3. The molecular formula is C19H22N2O4. The fourth-order valence-corrected chi connectivity index (χ4v) is 2.08. The molecular weight excluding hydrogens is 320 g/mol. The number of ether oxygens (including phenoxy) is 2. The van der Waals surface area contributed by atoms with Crippen LogP contribution < -0.4 is 15.4 Å². The Morgan fingerprint density at radius 1 is 0.960 bits per heavy atom. The summed E-state index contributed by atoms with van der Waals surface area (Å²) in [5.41, 5.74) is 1.88. The number of amides is 1. The summed E-state index contributed by atoms with van der Waals surface area (Å²) in [5, 5.41) is 5.80. The average molecular weight is 342 g/mol. The van der Waals surface area contributed by atoms with Gasteiger partial charge in [0.25, 0.3) is 0 Å². The van der Waals surface area contributed by atoms with Gasteiger partial charge in [0.1, 0.15) is 5.75 Å². The Hall–Kier alpha value is -3.02. The van der Waals surface area contributed by atoms with Gasteiger partial charge in [0, 0.05) is 11.4 Å². The van der Waals surface area contributed by atoms with E-state index in [1.165, 1.54) is 7.11 Å². The van der Waals surface area contributed by atoms with Gasteiger partial charge in [0.15, 0.2) is 0 Å². The van der Waals surface area contributed by atoms with Crippen LogP contribution in [0.15, 0.2) is 48.5 Å². The monoisotopic (exact) mass is 342 g/mol. The van der Waals surface area contributed by atoms with E-state index in [1.54, 1.807) is 24.3 Å². The number of esters is 1. The molecule has 0 saturated carbocycles. The lowest BCUT2D eigenvalue weighted by Gasteiger charge is -2.09. The summed E-state index contributed by atoms with van der Waals surface area (Å²) >= 11 is 0. The van der Waals surface area contributed by atoms with Gasteiger partial charge in [-0.2, -0.15) is 0 Å². The van der Waals surface area contributed by atoms with Crippen LogP contribution in [0.5, 0.6) is 5.75 Å². The van der Waals surface area contributed by atoms with E-state index >= 15 is 0 Å². The quantitative estimate of drug-likeness (QED) is 0.720. The third kappa shape index (κ3) is 5.84. The van der Waals surface area contributed by atoms with Crippen LogP contribution in [0, 0.1) is 0 Å². The van der Waals surface area contributed by atoms with Crippen molar-refractivity contribution >= 4 is 23.3 Å². The second-order valence-electron chi connectivity index (χ2n) is 5.34. The molecule has 25 heavy (non-hydrogen) atoms. The van der Waals surface area contributed by atoms with Crippen LogP contribution in [0.1, 0.15) is 23.7 Å². The number of rotatable bonds is 8. The lowest BCUT2D eigenvalue weighted by atomic mass is 10.2. The highest BCUT2D eigenvalue weighted by atomic mass is 16.5. The van der Waals surface area contributed by atoms with E-state index in [2.05, 4.69) is 22.3 Å². The Morgan fingerprint density at radius 2 is 1.60 bits per heavy atom. The van der Waals surface area contributed by atoms with Crippen molar-refractivity contribution in [2.45, 2.75) is 13.3 Å². The molecule has 0 aliphatic heterocycles. The van der Waals surface area contributed by atoms with E-state index < -0.39 is 5.97 Å². The third-order valence-corrected chi connectivity index (χ3v) is 3.37. The van der Waals surface area contributed by atoms with Gasteiger partial charge in [-0.25, -0.2) is 4.79 Å². The van der Waals surface area contributed by atoms with Crippen LogP contribution in [0.4, 0.5) is 11.4 Å². The topological polar surface area (TPSA) is 76.7 Å². The van der Waals surface area contributed by atoms with Crippen molar-refractivity contribution < 1.29 is 19.1 Å². The molecule has 0 heterocycles. The van der Waals surface area contributed by atoms with Crippen LogP contribution in [0.25, 0.3) is 0 Å². The molecule has 0 saturated heterocycles. The Kier molecular flexibility index (Phi) is 6.83. The number of carbonyl (C=O) groups excluding carboxylic acids is 2. The molecule has 2 aromatic carbocycles. The first-order chi connectivity index (χ1) is 12.1. The van der Waals surface area contributed by atoms with E-state index in [9.17, 15) is 9.59 Å². The SMILES string of the molecule is CCCOc1ccc(NCC(=O)Nc2ccc(C(=O)OC)cc2)cc1. The molecule has 0 aliphatic rings.